The van der Waals surface area contributed by atoms with Gasteiger partial charge in [-0.3, -0.25) is 0 Å². The summed E-state index contributed by atoms with van der Waals surface area (Å²) in [5.74, 6) is 2.69. The molecule has 3 heterocycles. The first-order chi connectivity index (χ1) is 12.7. The molecule has 0 radical (unpaired) electrons. The fraction of sp³-hybridized carbons (Fsp3) is 0.632. The molecule has 138 valence electrons. The molecule has 2 N–H and O–H groups in total. The maximum atomic E-state index is 11.6. The van der Waals surface area contributed by atoms with Crippen molar-refractivity contribution in [1.82, 2.24) is 14.9 Å². The quantitative estimate of drug-likeness (QED) is 0.880. The Morgan fingerprint density at radius 2 is 1.88 bits per heavy atom. The molecule has 2 aromatic heterocycles. The van der Waals surface area contributed by atoms with Crippen LogP contribution in [0.15, 0.2) is 0 Å². The SMILES string of the molecule is NC(=O)N1CCCN(c2nc(C3CC3)nc3sc4c(c23)CCCC4)CC1. The highest BCUT2D eigenvalue weighted by Gasteiger charge is 2.31. The standard InChI is InChI=1S/C19H25N5OS/c20-19(25)24-9-3-8-23(10-11-24)17-15-13-4-1-2-5-14(13)26-18(15)22-16(21-17)12-6-7-12/h12H,1-11H2,(H2,20,25). The van der Waals surface area contributed by atoms with E-state index in [1.54, 1.807) is 4.90 Å². The molecular formula is C19H25N5OS. The number of rotatable bonds is 2. The first-order valence-electron chi connectivity index (χ1n) is 9.82. The van der Waals surface area contributed by atoms with Gasteiger partial charge in [0.2, 0.25) is 0 Å². The van der Waals surface area contributed by atoms with Crippen LogP contribution < -0.4 is 10.6 Å². The average molecular weight is 372 g/mol. The maximum absolute atomic E-state index is 11.6. The number of carbonyl (C=O) groups is 1. The van der Waals surface area contributed by atoms with Gasteiger partial charge in [-0.25, -0.2) is 14.8 Å². The second-order valence-electron chi connectivity index (χ2n) is 7.74. The zero-order valence-electron chi connectivity index (χ0n) is 15.0. The predicted octanol–water partition coefficient (Wildman–Crippen LogP) is 3.04. The number of urea groups is 1. The third-order valence-electron chi connectivity index (χ3n) is 5.86. The molecule has 3 aliphatic rings. The normalized spacial score (nSPS) is 20.9. The zero-order valence-corrected chi connectivity index (χ0v) is 15.9. The molecular weight excluding hydrogens is 346 g/mol. The highest BCUT2D eigenvalue weighted by atomic mass is 32.1. The molecule has 7 heteroatoms. The van der Waals surface area contributed by atoms with Gasteiger partial charge >= 0.3 is 6.03 Å². The number of primary amides is 1. The Morgan fingerprint density at radius 3 is 2.69 bits per heavy atom. The monoisotopic (exact) mass is 371 g/mol. The summed E-state index contributed by atoms with van der Waals surface area (Å²) in [5.41, 5.74) is 6.99. The van der Waals surface area contributed by atoms with Crippen LogP contribution in [0.2, 0.25) is 0 Å². The Morgan fingerprint density at radius 1 is 1.04 bits per heavy atom. The number of nitrogens with two attached hydrogens (primary N) is 1. The van der Waals surface area contributed by atoms with E-state index in [4.69, 9.17) is 15.7 Å². The van der Waals surface area contributed by atoms with Crippen LogP contribution in [-0.4, -0.2) is 47.1 Å². The summed E-state index contributed by atoms with van der Waals surface area (Å²) in [7, 11) is 0. The van der Waals surface area contributed by atoms with Crippen LogP contribution in [0.3, 0.4) is 0 Å². The predicted molar refractivity (Wildman–Crippen MR) is 104 cm³/mol. The lowest BCUT2D eigenvalue weighted by atomic mass is 9.97. The van der Waals surface area contributed by atoms with Crippen LogP contribution in [0.5, 0.6) is 0 Å². The van der Waals surface area contributed by atoms with Gasteiger partial charge in [0.1, 0.15) is 16.5 Å². The molecule has 1 saturated heterocycles. The summed E-state index contributed by atoms with van der Waals surface area (Å²) >= 11 is 1.89. The molecule has 5 rings (SSSR count). The van der Waals surface area contributed by atoms with Gasteiger partial charge in [-0.1, -0.05) is 0 Å². The van der Waals surface area contributed by atoms with Gasteiger partial charge in [0.05, 0.1) is 5.39 Å². The van der Waals surface area contributed by atoms with Gasteiger partial charge in [0, 0.05) is 37.0 Å². The first-order valence-corrected chi connectivity index (χ1v) is 10.6. The molecule has 1 aliphatic heterocycles. The van der Waals surface area contributed by atoms with Gasteiger partial charge in [-0.15, -0.1) is 11.3 Å². The number of hydrogen-bond acceptors (Lipinski definition) is 5. The Labute approximate surface area is 157 Å². The molecule has 0 unspecified atom stereocenters. The van der Waals surface area contributed by atoms with E-state index < -0.39 is 0 Å². The van der Waals surface area contributed by atoms with E-state index >= 15 is 0 Å². The van der Waals surface area contributed by atoms with Crippen molar-refractivity contribution in [3.63, 3.8) is 0 Å². The Bertz CT molecular complexity index is 859. The lowest BCUT2D eigenvalue weighted by molar-refractivity contribution is 0.211. The van der Waals surface area contributed by atoms with Crippen molar-refractivity contribution in [2.45, 2.75) is 50.9 Å². The third kappa shape index (κ3) is 2.82. The molecule has 2 amide bonds. The Hall–Kier alpha value is -1.89. The minimum absolute atomic E-state index is 0.314. The minimum Gasteiger partial charge on any atom is -0.354 e. The van der Waals surface area contributed by atoms with Crippen molar-refractivity contribution in [3.05, 3.63) is 16.3 Å². The van der Waals surface area contributed by atoms with Crippen LogP contribution in [0, 0.1) is 0 Å². The maximum Gasteiger partial charge on any atom is 0.314 e. The second-order valence-corrected chi connectivity index (χ2v) is 8.82. The molecule has 0 spiro atoms. The summed E-state index contributed by atoms with van der Waals surface area (Å²) in [4.78, 5) is 28.4. The van der Waals surface area contributed by atoms with E-state index in [2.05, 4.69) is 4.90 Å². The van der Waals surface area contributed by atoms with E-state index in [0.29, 0.717) is 12.5 Å². The first kappa shape index (κ1) is 16.3. The van der Waals surface area contributed by atoms with Crippen molar-refractivity contribution < 1.29 is 4.79 Å². The zero-order chi connectivity index (χ0) is 17.7. The summed E-state index contributed by atoms with van der Waals surface area (Å²) < 4.78 is 0. The van der Waals surface area contributed by atoms with E-state index in [0.717, 1.165) is 44.1 Å². The number of nitrogens with zero attached hydrogens (tertiary/aromatic N) is 4. The number of hydrogen-bond donors (Lipinski definition) is 1. The highest BCUT2D eigenvalue weighted by Crippen LogP contribution is 2.44. The van der Waals surface area contributed by atoms with Gasteiger partial charge < -0.3 is 15.5 Å². The number of aromatic nitrogens is 2. The van der Waals surface area contributed by atoms with Crippen molar-refractivity contribution in [1.29, 1.82) is 0 Å². The number of fused-ring (bicyclic) bond motifs is 3. The van der Waals surface area contributed by atoms with Crippen molar-refractivity contribution in [3.8, 4) is 0 Å². The number of aryl methyl sites for hydroxylation is 2. The lowest BCUT2D eigenvalue weighted by Crippen LogP contribution is -2.38. The fourth-order valence-electron chi connectivity index (χ4n) is 4.26. The molecule has 1 saturated carbocycles. The molecule has 0 atom stereocenters. The number of amides is 2. The molecule has 2 aliphatic carbocycles. The van der Waals surface area contributed by atoms with Crippen LogP contribution in [0.25, 0.3) is 10.2 Å². The molecule has 0 bridgehead atoms. The van der Waals surface area contributed by atoms with E-state index in [1.165, 1.54) is 52.8 Å². The second kappa shape index (κ2) is 6.37. The van der Waals surface area contributed by atoms with E-state index in [9.17, 15) is 4.79 Å². The number of carbonyl (C=O) groups excluding carboxylic acids is 1. The Balaban J connectivity index is 1.58. The van der Waals surface area contributed by atoms with Crippen molar-refractivity contribution in [2.75, 3.05) is 31.1 Å². The van der Waals surface area contributed by atoms with Gasteiger partial charge in [0.25, 0.3) is 0 Å². The van der Waals surface area contributed by atoms with Gasteiger partial charge in [-0.05, 0) is 50.5 Å². The largest absolute Gasteiger partial charge is 0.354 e. The molecule has 2 fully saturated rings. The van der Waals surface area contributed by atoms with E-state index in [-0.39, 0.29) is 6.03 Å². The highest BCUT2D eigenvalue weighted by molar-refractivity contribution is 7.19. The summed E-state index contributed by atoms with van der Waals surface area (Å²) in [5, 5.41) is 1.29. The number of anilines is 1. The van der Waals surface area contributed by atoms with Crippen LogP contribution >= 0.6 is 11.3 Å². The topological polar surface area (TPSA) is 75.4 Å². The molecule has 6 nitrogen and oxygen atoms in total. The molecule has 0 aromatic carbocycles. The van der Waals surface area contributed by atoms with Gasteiger partial charge in [0.15, 0.2) is 0 Å². The van der Waals surface area contributed by atoms with Crippen molar-refractivity contribution >= 4 is 33.4 Å². The lowest BCUT2D eigenvalue weighted by Gasteiger charge is -2.24. The number of thiophene rings is 1. The molecule has 26 heavy (non-hydrogen) atoms. The van der Waals surface area contributed by atoms with Crippen LogP contribution in [-0.2, 0) is 12.8 Å². The molecule has 2 aromatic rings. The summed E-state index contributed by atoms with van der Waals surface area (Å²) in [6, 6.07) is -0.314. The smallest absolute Gasteiger partial charge is 0.314 e. The Kier molecular flexibility index (Phi) is 3.99. The summed E-state index contributed by atoms with van der Waals surface area (Å²) in [6.45, 7) is 3.12. The average Bonchev–Trinajstić information content (AvgIpc) is 3.44. The minimum atomic E-state index is -0.314. The van der Waals surface area contributed by atoms with Crippen LogP contribution in [0.1, 0.15) is 54.3 Å². The van der Waals surface area contributed by atoms with Crippen LogP contribution in [0.4, 0.5) is 10.6 Å². The fourth-order valence-corrected chi connectivity index (χ4v) is 5.52. The van der Waals surface area contributed by atoms with Gasteiger partial charge in [-0.2, -0.15) is 0 Å². The third-order valence-corrected chi connectivity index (χ3v) is 7.05. The van der Waals surface area contributed by atoms with E-state index in [1.807, 2.05) is 11.3 Å². The van der Waals surface area contributed by atoms with Crippen molar-refractivity contribution in [2.24, 2.45) is 5.73 Å². The summed E-state index contributed by atoms with van der Waals surface area (Å²) in [6.07, 6.45) is 8.24.